The monoisotopic (exact) mass is 255 g/mol. The van der Waals surface area contributed by atoms with Gasteiger partial charge in [-0.3, -0.25) is 4.79 Å². The molecule has 2 fully saturated rings. The first-order valence-corrected chi connectivity index (χ1v) is 7.00. The number of hydrogen-bond acceptors (Lipinski definition) is 4. The second-order valence-electron chi connectivity index (χ2n) is 5.50. The normalized spacial score (nSPS) is 29.8. The van der Waals surface area contributed by atoms with Crippen molar-refractivity contribution in [1.82, 2.24) is 9.80 Å². The molecule has 2 heterocycles. The van der Waals surface area contributed by atoms with Crippen LogP contribution in [-0.4, -0.2) is 67.7 Å². The summed E-state index contributed by atoms with van der Waals surface area (Å²) in [5.74, 6) is 0.856. The molecule has 2 N–H and O–H groups in total. The standard InChI is InChI=1S/C13H25N3O2/c1-11-9-15(10-12(11)14)4-2-3-13(17)16-5-7-18-8-6-16/h11-12H,2-10,14H2,1H3. The Morgan fingerprint density at radius 2 is 2.06 bits per heavy atom. The van der Waals surface area contributed by atoms with Crippen molar-refractivity contribution in [1.29, 1.82) is 0 Å². The minimum absolute atomic E-state index is 0.273. The molecule has 0 bridgehead atoms. The highest BCUT2D eigenvalue weighted by Crippen LogP contribution is 2.15. The van der Waals surface area contributed by atoms with E-state index in [1.54, 1.807) is 0 Å². The van der Waals surface area contributed by atoms with E-state index in [4.69, 9.17) is 10.5 Å². The van der Waals surface area contributed by atoms with Crippen LogP contribution in [0.1, 0.15) is 19.8 Å². The van der Waals surface area contributed by atoms with Gasteiger partial charge in [0.25, 0.3) is 0 Å². The molecule has 0 aromatic rings. The average molecular weight is 255 g/mol. The summed E-state index contributed by atoms with van der Waals surface area (Å²) in [5, 5.41) is 0. The largest absolute Gasteiger partial charge is 0.378 e. The fraction of sp³-hybridized carbons (Fsp3) is 0.923. The number of amides is 1. The van der Waals surface area contributed by atoms with Gasteiger partial charge in [-0.2, -0.15) is 0 Å². The van der Waals surface area contributed by atoms with Gasteiger partial charge in [-0.25, -0.2) is 0 Å². The van der Waals surface area contributed by atoms with Gasteiger partial charge < -0.3 is 20.3 Å². The Morgan fingerprint density at radius 3 is 2.67 bits per heavy atom. The number of morpholine rings is 1. The summed E-state index contributed by atoms with van der Waals surface area (Å²) < 4.78 is 5.24. The molecule has 2 unspecified atom stereocenters. The lowest BCUT2D eigenvalue weighted by Crippen LogP contribution is -2.40. The molecule has 2 saturated heterocycles. The molecule has 0 aliphatic carbocycles. The summed E-state index contributed by atoms with van der Waals surface area (Å²) in [6.07, 6.45) is 1.59. The summed E-state index contributed by atoms with van der Waals surface area (Å²) in [6, 6.07) is 0.306. The van der Waals surface area contributed by atoms with E-state index >= 15 is 0 Å². The van der Waals surface area contributed by atoms with Gasteiger partial charge in [0.1, 0.15) is 0 Å². The second-order valence-corrected chi connectivity index (χ2v) is 5.50. The second kappa shape index (κ2) is 6.50. The Kier molecular flexibility index (Phi) is 4.97. The van der Waals surface area contributed by atoms with E-state index in [0.29, 0.717) is 31.6 Å². The maximum atomic E-state index is 11.9. The molecule has 0 aromatic heterocycles. The number of carbonyl (C=O) groups is 1. The molecular formula is C13H25N3O2. The van der Waals surface area contributed by atoms with Crippen LogP contribution in [0, 0.1) is 5.92 Å². The van der Waals surface area contributed by atoms with Crippen molar-refractivity contribution in [3.8, 4) is 0 Å². The van der Waals surface area contributed by atoms with Crippen molar-refractivity contribution in [2.24, 2.45) is 11.7 Å². The molecule has 0 spiro atoms. The van der Waals surface area contributed by atoms with Gasteiger partial charge in [-0.15, -0.1) is 0 Å². The number of nitrogens with two attached hydrogens (primary N) is 1. The van der Waals surface area contributed by atoms with Crippen LogP contribution in [0.15, 0.2) is 0 Å². The van der Waals surface area contributed by atoms with Crippen LogP contribution in [0.25, 0.3) is 0 Å². The first-order chi connectivity index (χ1) is 8.66. The fourth-order valence-corrected chi connectivity index (χ4v) is 2.70. The number of likely N-dealkylation sites (tertiary alicyclic amines) is 1. The predicted molar refractivity (Wildman–Crippen MR) is 70.2 cm³/mol. The molecule has 104 valence electrons. The van der Waals surface area contributed by atoms with Crippen LogP contribution in [-0.2, 0) is 9.53 Å². The third-order valence-electron chi connectivity index (χ3n) is 3.97. The van der Waals surface area contributed by atoms with E-state index in [0.717, 1.165) is 39.1 Å². The molecule has 5 heteroatoms. The summed E-state index contributed by atoms with van der Waals surface area (Å²) >= 11 is 0. The number of hydrogen-bond donors (Lipinski definition) is 1. The van der Waals surface area contributed by atoms with Gasteiger partial charge in [0.2, 0.25) is 5.91 Å². The molecule has 1 amide bonds. The van der Waals surface area contributed by atoms with E-state index in [1.807, 2.05) is 4.90 Å². The van der Waals surface area contributed by atoms with Gasteiger partial charge in [0.05, 0.1) is 13.2 Å². The van der Waals surface area contributed by atoms with Crippen LogP contribution in [0.5, 0.6) is 0 Å². The summed E-state index contributed by atoms with van der Waals surface area (Å²) in [4.78, 5) is 16.2. The summed E-state index contributed by atoms with van der Waals surface area (Å²) in [5.41, 5.74) is 5.99. The number of rotatable bonds is 4. The highest BCUT2D eigenvalue weighted by molar-refractivity contribution is 5.76. The van der Waals surface area contributed by atoms with Crippen LogP contribution in [0.3, 0.4) is 0 Å². The zero-order chi connectivity index (χ0) is 13.0. The van der Waals surface area contributed by atoms with Gasteiger partial charge in [-0.1, -0.05) is 6.92 Å². The van der Waals surface area contributed by atoms with Crippen molar-refractivity contribution < 1.29 is 9.53 Å². The topological polar surface area (TPSA) is 58.8 Å². The van der Waals surface area contributed by atoms with Crippen LogP contribution >= 0.6 is 0 Å². The molecule has 2 atom stereocenters. The van der Waals surface area contributed by atoms with E-state index in [1.165, 1.54) is 0 Å². The van der Waals surface area contributed by atoms with E-state index in [-0.39, 0.29) is 5.91 Å². The van der Waals surface area contributed by atoms with Gasteiger partial charge >= 0.3 is 0 Å². The molecule has 18 heavy (non-hydrogen) atoms. The SMILES string of the molecule is CC1CN(CCCC(=O)N2CCOCC2)CC1N. The van der Waals surface area contributed by atoms with E-state index in [2.05, 4.69) is 11.8 Å². The number of nitrogens with zero attached hydrogens (tertiary/aromatic N) is 2. The smallest absolute Gasteiger partial charge is 0.222 e. The molecular weight excluding hydrogens is 230 g/mol. The molecule has 0 saturated carbocycles. The Hall–Kier alpha value is -0.650. The first kappa shape index (κ1) is 13.8. The van der Waals surface area contributed by atoms with Gasteiger partial charge in [0, 0.05) is 38.6 Å². The maximum absolute atomic E-state index is 11.9. The lowest BCUT2D eigenvalue weighted by Gasteiger charge is -2.27. The predicted octanol–water partition coefficient (Wildman–Crippen LogP) is -0.0956. The minimum atomic E-state index is 0.273. The summed E-state index contributed by atoms with van der Waals surface area (Å²) in [7, 11) is 0. The minimum Gasteiger partial charge on any atom is -0.378 e. The van der Waals surface area contributed by atoms with E-state index < -0.39 is 0 Å². The molecule has 2 aliphatic rings. The molecule has 2 rings (SSSR count). The zero-order valence-electron chi connectivity index (χ0n) is 11.3. The molecule has 2 aliphatic heterocycles. The van der Waals surface area contributed by atoms with Gasteiger partial charge in [0.15, 0.2) is 0 Å². The Bertz CT molecular complexity index is 269. The maximum Gasteiger partial charge on any atom is 0.222 e. The lowest BCUT2D eigenvalue weighted by atomic mass is 10.1. The third-order valence-corrected chi connectivity index (χ3v) is 3.97. The summed E-state index contributed by atoms with van der Waals surface area (Å²) in [6.45, 7) is 8.13. The van der Waals surface area contributed by atoms with Crippen molar-refractivity contribution in [2.75, 3.05) is 45.9 Å². The van der Waals surface area contributed by atoms with Crippen molar-refractivity contribution in [3.63, 3.8) is 0 Å². The highest BCUT2D eigenvalue weighted by atomic mass is 16.5. The lowest BCUT2D eigenvalue weighted by molar-refractivity contribution is -0.135. The Labute approximate surface area is 109 Å². The molecule has 5 nitrogen and oxygen atoms in total. The first-order valence-electron chi connectivity index (χ1n) is 7.00. The zero-order valence-corrected chi connectivity index (χ0v) is 11.3. The van der Waals surface area contributed by atoms with Crippen LogP contribution in [0.2, 0.25) is 0 Å². The van der Waals surface area contributed by atoms with Crippen molar-refractivity contribution in [3.05, 3.63) is 0 Å². The number of carbonyl (C=O) groups excluding carboxylic acids is 1. The quantitative estimate of drug-likeness (QED) is 0.762. The Balaban J connectivity index is 1.61. The fourth-order valence-electron chi connectivity index (χ4n) is 2.70. The highest BCUT2D eigenvalue weighted by Gasteiger charge is 2.26. The van der Waals surface area contributed by atoms with Crippen LogP contribution in [0.4, 0.5) is 0 Å². The van der Waals surface area contributed by atoms with Crippen molar-refractivity contribution in [2.45, 2.75) is 25.8 Å². The van der Waals surface area contributed by atoms with Crippen molar-refractivity contribution >= 4 is 5.91 Å². The molecule has 0 aromatic carbocycles. The number of ether oxygens (including phenoxy) is 1. The average Bonchev–Trinajstić information content (AvgIpc) is 2.69. The third kappa shape index (κ3) is 3.67. The Morgan fingerprint density at radius 1 is 1.33 bits per heavy atom. The molecule has 0 radical (unpaired) electrons. The van der Waals surface area contributed by atoms with E-state index in [9.17, 15) is 4.79 Å². The van der Waals surface area contributed by atoms with Crippen LogP contribution < -0.4 is 5.73 Å². The van der Waals surface area contributed by atoms with Gasteiger partial charge in [-0.05, 0) is 18.9 Å².